The summed E-state index contributed by atoms with van der Waals surface area (Å²) in [6.45, 7) is 4.87. The van der Waals surface area contributed by atoms with E-state index in [1.165, 1.54) is 6.07 Å². The molecule has 1 N–H and O–H groups in total. The summed E-state index contributed by atoms with van der Waals surface area (Å²) >= 11 is 0. The highest BCUT2D eigenvalue weighted by Crippen LogP contribution is 2.16. The molecule has 4 nitrogen and oxygen atoms in total. The van der Waals surface area contributed by atoms with E-state index in [4.69, 9.17) is 0 Å². The van der Waals surface area contributed by atoms with Crippen molar-refractivity contribution in [3.8, 4) is 0 Å². The molecule has 1 aromatic rings. The van der Waals surface area contributed by atoms with Gasteiger partial charge in [0.05, 0.1) is 0 Å². The van der Waals surface area contributed by atoms with Crippen molar-refractivity contribution in [1.82, 2.24) is 10.2 Å². The lowest BCUT2D eigenvalue weighted by Crippen LogP contribution is -2.55. The Morgan fingerprint density at radius 1 is 1.19 bits per heavy atom. The van der Waals surface area contributed by atoms with Crippen molar-refractivity contribution in [2.24, 2.45) is 5.92 Å². The van der Waals surface area contributed by atoms with E-state index in [0.29, 0.717) is 13.1 Å². The Kier molecular flexibility index (Phi) is 4.55. The second kappa shape index (κ2) is 6.20. The van der Waals surface area contributed by atoms with Crippen LogP contribution in [0.1, 0.15) is 30.6 Å². The molecule has 1 fully saturated rings. The largest absolute Gasteiger partial charge is 0.341 e. The van der Waals surface area contributed by atoms with Crippen LogP contribution < -0.4 is 5.32 Å². The minimum Gasteiger partial charge on any atom is -0.341 e. The normalized spacial score (nSPS) is 15.6. The van der Waals surface area contributed by atoms with Gasteiger partial charge in [-0.05, 0) is 24.5 Å². The van der Waals surface area contributed by atoms with Crippen LogP contribution in [-0.2, 0) is 4.79 Å². The molecule has 0 bridgehead atoms. The number of halogens is 2. The molecule has 114 valence electrons. The number of benzene rings is 1. The second-order valence-corrected chi connectivity index (χ2v) is 5.47. The Bertz CT molecular complexity index is 536. The fraction of sp³-hybridized carbons (Fsp3) is 0.467. The van der Waals surface area contributed by atoms with Gasteiger partial charge in [-0.25, -0.2) is 8.78 Å². The first-order chi connectivity index (χ1) is 9.91. The van der Waals surface area contributed by atoms with Gasteiger partial charge < -0.3 is 10.2 Å². The molecule has 2 amide bonds. The van der Waals surface area contributed by atoms with Gasteiger partial charge in [-0.2, -0.15) is 0 Å². The highest BCUT2D eigenvalue weighted by molar-refractivity contribution is 5.98. The van der Waals surface area contributed by atoms with Gasteiger partial charge in [0, 0.05) is 13.1 Å². The van der Waals surface area contributed by atoms with Crippen LogP contribution >= 0.6 is 0 Å². The van der Waals surface area contributed by atoms with Gasteiger partial charge >= 0.3 is 0 Å². The molecule has 1 heterocycles. The molecule has 6 heteroatoms. The van der Waals surface area contributed by atoms with Crippen LogP contribution in [0.2, 0.25) is 0 Å². The first-order valence-corrected chi connectivity index (χ1v) is 6.95. The van der Waals surface area contributed by atoms with E-state index in [1.807, 2.05) is 0 Å². The predicted octanol–water partition coefficient (Wildman–Crippen LogP) is 1.95. The van der Waals surface area contributed by atoms with Crippen LogP contribution in [0.25, 0.3) is 0 Å². The maximum atomic E-state index is 13.6. The minimum absolute atomic E-state index is 0.170. The molecule has 0 unspecified atom stereocenters. The Balaban J connectivity index is 2.16. The van der Waals surface area contributed by atoms with E-state index in [1.54, 1.807) is 18.7 Å². The first kappa shape index (κ1) is 15.4. The standard InChI is InChI=1S/C15H18F2N2O2/c1-9(2)13(15(21)19-7-4-8-19)18-14(20)12-10(16)5-3-6-11(12)17/h3,5-6,9,13H,4,7-8H2,1-2H3,(H,18,20)/t13-/m0/s1. The summed E-state index contributed by atoms with van der Waals surface area (Å²) in [5.41, 5.74) is -0.653. The Hall–Kier alpha value is -1.98. The molecule has 1 saturated heterocycles. The van der Waals surface area contributed by atoms with Gasteiger partial charge in [0.15, 0.2) is 0 Å². The lowest BCUT2D eigenvalue weighted by Gasteiger charge is -2.35. The third-order valence-electron chi connectivity index (χ3n) is 3.58. The van der Waals surface area contributed by atoms with E-state index < -0.39 is 29.1 Å². The summed E-state index contributed by atoms with van der Waals surface area (Å²) in [6, 6.07) is 2.43. The number of carbonyl (C=O) groups excluding carboxylic acids is 2. The number of carbonyl (C=O) groups is 2. The molecular weight excluding hydrogens is 278 g/mol. The Labute approximate surface area is 122 Å². The molecule has 0 spiro atoms. The predicted molar refractivity (Wildman–Crippen MR) is 73.6 cm³/mol. The summed E-state index contributed by atoms with van der Waals surface area (Å²) in [5, 5.41) is 2.45. The number of likely N-dealkylation sites (tertiary alicyclic amines) is 1. The van der Waals surface area contributed by atoms with E-state index in [9.17, 15) is 18.4 Å². The quantitative estimate of drug-likeness (QED) is 0.923. The lowest BCUT2D eigenvalue weighted by atomic mass is 10.0. The van der Waals surface area contributed by atoms with E-state index >= 15 is 0 Å². The van der Waals surface area contributed by atoms with Gasteiger partial charge in [0.1, 0.15) is 23.2 Å². The topological polar surface area (TPSA) is 49.4 Å². The van der Waals surface area contributed by atoms with Gasteiger partial charge in [-0.1, -0.05) is 19.9 Å². The monoisotopic (exact) mass is 296 g/mol. The zero-order valence-electron chi connectivity index (χ0n) is 12.0. The summed E-state index contributed by atoms with van der Waals surface area (Å²) in [5.74, 6) is -3.16. The van der Waals surface area contributed by atoms with Gasteiger partial charge in [0.2, 0.25) is 5.91 Å². The number of rotatable bonds is 4. The van der Waals surface area contributed by atoms with Crippen LogP contribution in [-0.4, -0.2) is 35.8 Å². The number of nitrogens with one attached hydrogen (secondary N) is 1. The van der Waals surface area contributed by atoms with Crippen molar-refractivity contribution in [2.75, 3.05) is 13.1 Å². The van der Waals surface area contributed by atoms with Crippen molar-refractivity contribution in [3.63, 3.8) is 0 Å². The average molecular weight is 296 g/mol. The Morgan fingerprint density at radius 3 is 2.19 bits per heavy atom. The second-order valence-electron chi connectivity index (χ2n) is 5.47. The van der Waals surface area contributed by atoms with Crippen molar-refractivity contribution in [2.45, 2.75) is 26.3 Å². The molecule has 1 atom stereocenters. The van der Waals surface area contributed by atoms with Crippen LogP contribution in [0.3, 0.4) is 0 Å². The van der Waals surface area contributed by atoms with E-state index in [-0.39, 0.29) is 11.8 Å². The SMILES string of the molecule is CC(C)[C@H](NC(=O)c1c(F)cccc1F)C(=O)N1CCC1. The van der Waals surface area contributed by atoms with Gasteiger partial charge in [-0.15, -0.1) is 0 Å². The molecule has 1 aliphatic rings. The van der Waals surface area contributed by atoms with Gasteiger partial charge in [-0.3, -0.25) is 9.59 Å². The Morgan fingerprint density at radius 2 is 1.76 bits per heavy atom. The zero-order valence-corrected chi connectivity index (χ0v) is 12.0. The molecule has 2 rings (SSSR count). The van der Waals surface area contributed by atoms with Crippen molar-refractivity contribution in [3.05, 3.63) is 35.4 Å². The summed E-state index contributed by atoms with van der Waals surface area (Å²) < 4.78 is 27.2. The third kappa shape index (κ3) is 3.20. The fourth-order valence-corrected chi connectivity index (χ4v) is 2.18. The summed E-state index contributed by atoms with van der Waals surface area (Å²) in [4.78, 5) is 25.9. The van der Waals surface area contributed by atoms with E-state index in [2.05, 4.69) is 5.32 Å². The highest BCUT2D eigenvalue weighted by Gasteiger charge is 2.32. The fourth-order valence-electron chi connectivity index (χ4n) is 2.18. The first-order valence-electron chi connectivity index (χ1n) is 6.95. The smallest absolute Gasteiger partial charge is 0.257 e. The molecule has 0 radical (unpaired) electrons. The highest BCUT2D eigenvalue weighted by atomic mass is 19.1. The molecule has 0 saturated carbocycles. The molecule has 0 aliphatic carbocycles. The van der Waals surface area contributed by atoms with Gasteiger partial charge in [0.25, 0.3) is 5.91 Å². The minimum atomic E-state index is -0.939. The lowest BCUT2D eigenvalue weighted by molar-refractivity contribution is -0.137. The van der Waals surface area contributed by atoms with Crippen LogP contribution in [0.15, 0.2) is 18.2 Å². The number of hydrogen-bond donors (Lipinski definition) is 1. The van der Waals surface area contributed by atoms with Crippen molar-refractivity contribution >= 4 is 11.8 Å². The van der Waals surface area contributed by atoms with Crippen LogP contribution in [0, 0.1) is 17.6 Å². The van der Waals surface area contributed by atoms with Crippen molar-refractivity contribution < 1.29 is 18.4 Å². The zero-order chi connectivity index (χ0) is 15.6. The summed E-state index contributed by atoms with van der Waals surface area (Å²) in [6.07, 6.45) is 0.937. The van der Waals surface area contributed by atoms with Crippen LogP contribution in [0.5, 0.6) is 0 Å². The maximum absolute atomic E-state index is 13.6. The van der Waals surface area contributed by atoms with Crippen molar-refractivity contribution in [1.29, 1.82) is 0 Å². The number of hydrogen-bond acceptors (Lipinski definition) is 2. The summed E-state index contributed by atoms with van der Waals surface area (Å²) in [7, 11) is 0. The number of amides is 2. The number of nitrogens with zero attached hydrogens (tertiary/aromatic N) is 1. The van der Waals surface area contributed by atoms with E-state index in [0.717, 1.165) is 18.6 Å². The third-order valence-corrected chi connectivity index (χ3v) is 3.58. The molecular formula is C15H18F2N2O2. The average Bonchev–Trinajstić information content (AvgIpc) is 2.33. The van der Waals surface area contributed by atoms with Crippen LogP contribution in [0.4, 0.5) is 8.78 Å². The molecule has 0 aromatic heterocycles. The molecule has 1 aromatic carbocycles. The molecule has 21 heavy (non-hydrogen) atoms. The maximum Gasteiger partial charge on any atom is 0.257 e. The molecule has 1 aliphatic heterocycles.